The van der Waals surface area contributed by atoms with Gasteiger partial charge in [0.2, 0.25) is 0 Å². The Balaban J connectivity index is 2.09. The molecule has 0 spiro atoms. The van der Waals surface area contributed by atoms with E-state index >= 15 is 0 Å². The van der Waals surface area contributed by atoms with Crippen LogP contribution in [0.3, 0.4) is 0 Å². The third-order valence-corrected chi connectivity index (χ3v) is 3.04. The second-order valence-electron chi connectivity index (χ2n) is 4.83. The van der Waals surface area contributed by atoms with E-state index in [4.69, 9.17) is 9.15 Å². The molecule has 3 heteroatoms. The number of ether oxygens (including phenoxy) is 1. The van der Waals surface area contributed by atoms with Gasteiger partial charge in [0.1, 0.15) is 16.9 Å². The summed E-state index contributed by atoms with van der Waals surface area (Å²) < 4.78 is 11.0. The molecule has 96 valence electrons. The highest BCUT2D eigenvalue weighted by Gasteiger charge is 2.12. The van der Waals surface area contributed by atoms with E-state index in [1.165, 1.54) is 0 Å². The monoisotopic (exact) mass is 254 g/mol. The lowest BCUT2D eigenvalue weighted by Gasteiger charge is -2.06. The number of hydrogen-bond acceptors (Lipinski definition) is 3. The van der Waals surface area contributed by atoms with E-state index in [-0.39, 0.29) is 11.9 Å². The van der Waals surface area contributed by atoms with Crippen LogP contribution in [-0.2, 0) is 4.79 Å². The van der Waals surface area contributed by atoms with Crippen LogP contribution in [-0.4, -0.2) is 5.97 Å². The van der Waals surface area contributed by atoms with Gasteiger partial charge in [-0.15, -0.1) is 0 Å². The highest BCUT2D eigenvalue weighted by molar-refractivity contribution is 6.05. The minimum atomic E-state index is -0.229. The van der Waals surface area contributed by atoms with Crippen LogP contribution >= 0.6 is 0 Å². The molecule has 0 saturated heterocycles. The first kappa shape index (κ1) is 11.8. The van der Waals surface area contributed by atoms with Crippen molar-refractivity contribution in [1.82, 2.24) is 0 Å². The van der Waals surface area contributed by atoms with Gasteiger partial charge in [-0.3, -0.25) is 4.79 Å². The first-order chi connectivity index (χ1) is 9.15. The molecule has 0 fully saturated rings. The second-order valence-corrected chi connectivity index (χ2v) is 4.83. The van der Waals surface area contributed by atoms with Crippen LogP contribution in [0.15, 0.2) is 46.9 Å². The van der Waals surface area contributed by atoms with Gasteiger partial charge in [0.05, 0.1) is 5.92 Å². The fraction of sp³-hybridized carbons (Fsp3) is 0.188. The largest absolute Gasteiger partial charge is 0.456 e. The molecule has 3 nitrogen and oxygen atoms in total. The molecule has 0 saturated carbocycles. The molecular formula is C16H14O3. The predicted molar refractivity (Wildman–Crippen MR) is 74.2 cm³/mol. The van der Waals surface area contributed by atoms with Crippen LogP contribution in [0, 0.1) is 5.92 Å². The van der Waals surface area contributed by atoms with Gasteiger partial charge in [0.15, 0.2) is 0 Å². The van der Waals surface area contributed by atoms with Gasteiger partial charge in [-0.05, 0) is 24.3 Å². The van der Waals surface area contributed by atoms with Gasteiger partial charge in [0.25, 0.3) is 0 Å². The zero-order chi connectivity index (χ0) is 13.4. The van der Waals surface area contributed by atoms with Gasteiger partial charge >= 0.3 is 5.97 Å². The molecule has 0 aliphatic rings. The number of benzene rings is 2. The highest BCUT2D eigenvalue weighted by Crippen LogP contribution is 2.31. The van der Waals surface area contributed by atoms with Crippen molar-refractivity contribution < 1.29 is 13.9 Å². The van der Waals surface area contributed by atoms with Crippen molar-refractivity contribution in [3.63, 3.8) is 0 Å². The molecule has 0 N–H and O–H groups in total. The van der Waals surface area contributed by atoms with Crippen molar-refractivity contribution in [1.29, 1.82) is 0 Å². The fourth-order valence-corrected chi connectivity index (χ4v) is 2.00. The Morgan fingerprint density at radius 1 is 1.05 bits per heavy atom. The van der Waals surface area contributed by atoms with Crippen LogP contribution in [0.25, 0.3) is 21.9 Å². The topological polar surface area (TPSA) is 39.4 Å². The van der Waals surface area contributed by atoms with Crippen molar-refractivity contribution >= 4 is 27.9 Å². The lowest BCUT2D eigenvalue weighted by molar-refractivity contribution is -0.137. The van der Waals surface area contributed by atoms with Crippen molar-refractivity contribution in [2.75, 3.05) is 0 Å². The molecule has 2 aromatic carbocycles. The average Bonchev–Trinajstić information content (AvgIpc) is 2.76. The minimum Gasteiger partial charge on any atom is -0.456 e. The Morgan fingerprint density at radius 3 is 2.58 bits per heavy atom. The predicted octanol–water partition coefficient (Wildman–Crippen LogP) is 4.15. The number of esters is 1. The van der Waals surface area contributed by atoms with Gasteiger partial charge in [-0.25, -0.2) is 0 Å². The number of carbonyl (C=O) groups excluding carboxylic acids is 1. The van der Waals surface area contributed by atoms with Gasteiger partial charge in [-0.1, -0.05) is 32.0 Å². The third-order valence-electron chi connectivity index (χ3n) is 3.04. The quantitative estimate of drug-likeness (QED) is 0.509. The summed E-state index contributed by atoms with van der Waals surface area (Å²) in [6, 6.07) is 13.3. The fourth-order valence-electron chi connectivity index (χ4n) is 2.00. The number of fused-ring (bicyclic) bond motifs is 3. The Bertz CT molecular complexity index is 753. The van der Waals surface area contributed by atoms with Crippen LogP contribution < -0.4 is 4.74 Å². The Hall–Kier alpha value is -2.29. The number of para-hydroxylation sites is 1. The summed E-state index contributed by atoms with van der Waals surface area (Å²) in [5, 5.41) is 1.99. The van der Waals surface area contributed by atoms with E-state index < -0.39 is 0 Å². The second kappa shape index (κ2) is 4.43. The zero-order valence-corrected chi connectivity index (χ0v) is 10.8. The summed E-state index contributed by atoms with van der Waals surface area (Å²) in [6.07, 6.45) is 0. The van der Waals surface area contributed by atoms with Crippen molar-refractivity contribution in [2.45, 2.75) is 13.8 Å². The molecule has 0 unspecified atom stereocenters. The van der Waals surface area contributed by atoms with Crippen LogP contribution in [0.2, 0.25) is 0 Å². The first-order valence-corrected chi connectivity index (χ1v) is 6.28. The summed E-state index contributed by atoms with van der Waals surface area (Å²) in [5.74, 6) is 0.182. The summed E-state index contributed by atoms with van der Waals surface area (Å²) in [4.78, 5) is 11.6. The van der Waals surface area contributed by atoms with Crippen LogP contribution in [0.1, 0.15) is 13.8 Å². The van der Waals surface area contributed by atoms with Gasteiger partial charge < -0.3 is 9.15 Å². The number of carbonyl (C=O) groups is 1. The molecule has 0 radical (unpaired) electrons. The molecule has 1 aromatic heterocycles. The Kier molecular flexibility index (Phi) is 2.75. The van der Waals surface area contributed by atoms with E-state index in [0.717, 1.165) is 21.9 Å². The molecular weight excluding hydrogens is 240 g/mol. The molecule has 0 atom stereocenters. The molecule has 0 bridgehead atoms. The van der Waals surface area contributed by atoms with E-state index in [2.05, 4.69) is 0 Å². The maximum Gasteiger partial charge on any atom is 0.313 e. The zero-order valence-electron chi connectivity index (χ0n) is 10.8. The van der Waals surface area contributed by atoms with Crippen LogP contribution in [0.4, 0.5) is 0 Å². The summed E-state index contributed by atoms with van der Waals surface area (Å²) in [5.41, 5.74) is 1.63. The Labute approximate surface area is 110 Å². The number of hydrogen-bond donors (Lipinski definition) is 0. The lowest BCUT2D eigenvalue weighted by atomic mass is 10.1. The lowest BCUT2D eigenvalue weighted by Crippen LogP contribution is -2.14. The van der Waals surface area contributed by atoms with E-state index in [0.29, 0.717) is 5.75 Å². The van der Waals surface area contributed by atoms with E-state index in [1.54, 1.807) is 6.07 Å². The standard InChI is InChI=1S/C16H14O3/c1-10(2)16(17)18-11-7-8-15-13(9-11)12-5-3-4-6-14(12)19-15/h3-10H,1-2H3. The molecule has 0 amide bonds. The summed E-state index contributed by atoms with van der Waals surface area (Å²) >= 11 is 0. The van der Waals surface area contributed by atoms with E-state index in [1.807, 2.05) is 50.2 Å². The molecule has 3 rings (SSSR count). The molecule has 1 heterocycles. The molecule has 19 heavy (non-hydrogen) atoms. The smallest absolute Gasteiger partial charge is 0.313 e. The minimum absolute atomic E-state index is 0.142. The number of rotatable bonds is 2. The molecule has 0 aliphatic carbocycles. The normalized spacial score (nSPS) is 11.3. The van der Waals surface area contributed by atoms with Crippen molar-refractivity contribution in [2.24, 2.45) is 5.92 Å². The Morgan fingerprint density at radius 2 is 1.79 bits per heavy atom. The number of furan rings is 1. The average molecular weight is 254 g/mol. The molecule has 3 aromatic rings. The van der Waals surface area contributed by atoms with Gasteiger partial charge in [-0.2, -0.15) is 0 Å². The molecule has 0 aliphatic heterocycles. The summed E-state index contributed by atoms with van der Waals surface area (Å²) in [6.45, 7) is 3.63. The van der Waals surface area contributed by atoms with E-state index in [9.17, 15) is 4.79 Å². The van der Waals surface area contributed by atoms with Crippen LogP contribution in [0.5, 0.6) is 5.75 Å². The highest BCUT2D eigenvalue weighted by atomic mass is 16.5. The maximum atomic E-state index is 11.6. The van der Waals surface area contributed by atoms with Crippen molar-refractivity contribution in [3.05, 3.63) is 42.5 Å². The van der Waals surface area contributed by atoms with Gasteiger partial charge in [0, 0.05) is 10.8 Å². The summed E-state index contributed by atoms with van der Waals surface area (Å²) in [7, 11) is 0. The third kappa shape index (κ3) is 2.08. The SMILES string of the molecule is CC(C)C(=O)Oc1ccc2oc3ccccc3c2c1. The first-order valence-electron chi connectivity index (χ1n) is 6.28. The maximum absolute atomic E-state index is 11.6. The van der Waals surface area contributed by atoms with Crippen molar-refractivity contribution in [3.8, 4) is 5.75 Å².